The summed E-state index contributed by atoms with van der Waals surface area (Å²) in [5, 5.41) is 10.3. The predicted molar refractivity (Wildman–Crippen MR) is 83.6 cm³/mol. The van der Waals surface area contributed by atoms with Gasteiger partial charge >= 0.3 is 5.97 Å². The Hall–Kier alpha value is -0.990. The number of thiophene rings is 1. The molecule has 0 aliphatic rings. The number of nitrogens with one attached hydrogen (secondary N) is 1. The second-order valence-electron chi connectivity index (χ2n) is 3.80. The van der Waals surface area contributed by atoms with E-state index >= 15 is 0 Å². The fourth-order valence-electron chi connectivity index (χ4n) is 1.40. The number of carboxylic acids is 1. The van der Waals surface area contributed by atoms with E-state index in [0.29, 0.717) is 0 Å². The highest BCUT2D eigenvalue weighted by Gasteiger charge is 2.21. The molecule has 1 aromatic carbocycles. The lowest BCUT2D eigenvalue weighted by molar-refractivity contribution is 0.0702. The Balaban J connectivity index is 2.40. The number of benzene rings is 1. The van der Waals surface area contributed by atoms with Crippen molar-refractivity contribution in [2.24, 2.45) is 0 Å². The van der Waals surface area contributed by atoms with Crippen LogP contribution in [0.2, 0.25) is 15.1 Å². The number of hydrogen-bond acceptors (Lipinski definition) is 4. The van der Waals surface area contributed by atoms with Gasteiger partial charge in [-0.3, -0.25) is 4.72 Å². The maximum Gasteiger partial charge on any atom is 0.345 e. The third-order valence-electron chi connectivity index (χ3n) is 2.34. The zero-order valence-electron chi connectivity index (χ0n) is 9.93. The van der Waals surface area contributed by atoms with Gasteiger partial charge in [0.05, 0.1) is 20.6 Å². The van der Waals surface area contributed by atoms with Gasteiger partial charge in [0, 0.05) is 10.4 Å². The highest BCUT2D eigenvalue weighted by Crippen LogP contribution is 2.35. The van der Waals surface area contributed by atoms with Crippen LogP contribution in [0.3, 0.4) is 0 Å². The van der Waals surface area contributed by atoms with Crippen molar-refractivity contribution >= 4 is 67.8 Å². The molecule has 0 spiro atoms. The lowest BCUT2D eigenvalue weighted by Crippen LogP contribution is -2.13. The molecule has 2 N–H and O–H groups in total. The van der Waals surface area contributed by atoms with E-state index in [-0.39, 0.29) is 30.5 Å². The summed E-state index contributed by atoms with van der Waals surface area (Å²) in [5.41, 5.74) is -0.0224. The summed E-state index contributed by atoms with van der Waals surface area (Å²) < 4.78 is 26.6. The minimum absolute atomic E-state index is 0.0224. The summed E-state index contributed by atoms with van der Waals surface area (Å²) in [6, 6.07) is 3.72. The number of carbonyl (C=O) groups is 1. The predicted octanol–water partition coefficient (Wildman–Crippen LogP) is 4.21. The quantitative estimate of drug-likeness (QED) is 0.824. The standard InChI is InChI=1S/C11H6Cl3NO4S2/c12-5-1-7(13)10(8(14)2-5)15-21(18,19)6-3-9(11(16)17)20-4-6/h1-4,15H,(H,16,17). The first-order chi connectivity index (χ1) is 9.70. The van der Waals surface area contributed by atoms with Crippen LogP contribution >= 0.6 is 46.1 Å². The fraction of sp³-hybridized carbons (Fsp3) is 0. The summed E-state index contributed by atoms with van der Waals surface area (Å²) in [5.74, 6) is -1.20. The second kappa shape index (κ2) is 6.02. The molecule has 0 saturated heterocycles. The Bertz CT molecular complexity index is 794. The van der Waals surface area contributed by atoms with Crippen molar-refractivity contribution in [1.29, 1.82) is 0 Å². The molecule has 5 nitrogen and oxygen atoms in total. The monoisotopic (exact) mass is 385 g/mol. The van der Waals surface area contributed by atoms with Crippen molar-refractivity contribution in [3.63, 3.8) is 0 Å². The second-order valence-corrected chi connectivity index (χ2v) is 7.65. The molecule has 0 atom stereocenters. The number of rotatable bonds is 4. The number of hydrogen-bond donors (Lipinski definition) is 2. The van der Waals surface area contributed by atoms with Crippen LogP contribution in [-0.4, -0.2) is 19.5 Å². The topological polar surface area (TPSA) is 83.5 Å². The molecule has 2 rings (SSSR count). The van der Waals surface area contributed by atoms with Gasteiger partial charge in [-0.05, 0) is 18.2 Å². The molecule has 1 heterocycles. The summed E-state index contributed by atoms with van der Waals surface area (Å²) in [6.45, 7) is 0. The molecule has 0 bridgehead atoms. The van der Waals surface area contributed by atoms with Crippen LogP contribution in [0.1, 0.15) is 9.67 Å². The normalized spacial score (nSPS) is 11.4. The van der Waals surface area contributed by atoms with Crippen molar-refractivity contribution in [3.8, 4) is 0 Å². The van der Waals surface area contributed by atoms with E-state index in [1.165, 1.54) is 17.5 Å². The molecule has 0 unspecified atom stereocenters. The zero-order valence-corrected chi connectivity index (χ0v) is 13.8. The molecular formula is C11H6Cl3NO4S2. The molecule has 0 fully saturated rings. The van der Waals surface area contributed by atoms with Gasteiger partial charge in [0.15, 0.2) is 0 Å². The Morgan fingerprint density at radius 1 is 1.14 bits per heavy atom. The van der Waals surface area contributed by atoms with Gasteiger partial charge in [-0.25, -0.2) is 13.2 Å². The molecule has 0 aliphatic heterocycles. The summed E-state index contributed by atoms with van der Waals surface area (Å²) in [7, 11) is -4.00. The van der Waals surface area contributed by atoms with E-state index in [1.807, 2.05) is 0 Å². The Morgan fingerprint density at radius 3 is 2.19 bits per heavy atom. The molecular weight excluding hydrogens is 381 g/mol. The third kappa shape index (κ3) is 3.61. The molecule has 0 amide bonds. The van der Waals surface area contributed by atoms with Crippen molar-refractivity contribution in [1.82, 2.24) is 0 Å². The zero-order chi connectivity index (χ0) is 15.8. The summed E-state index contributed by atoms with van der Waals surface area (Å²) in [6.07, 6.45) is 0. The molecule has 112 valence electrons. The van der Waals surface area contributed by atoms with Crippen LogP contribution in [-0.2, 0) is 10.0 Å². The van der Waals surface area contributed by atoms with E-state index in [0.717, 1.165) is 17.4 Å². The van der Waals surface area contributed by atoms with E-state index in [2.05, 4.69) is 4.72 Å². The SMILES string of the molecule is O=C(O)c1cc(S(=O)(=O)Nc2c(Cl)cc(Cl)cc2Cl)cs1. The number of halogens is 3. The number of carboxylic acid groups (broad SMARTS) is 1. The van der Waals surface area contributed by atoms with E-state index in [4.69, 9.17) is 39.9 Å². The maximum absolute atomic E-state index is 12.2. The molecule has 10 heteroatoms. The van der Waals surface area contributed by atoms with E-state index < -0.39 is 16.0 Å². The first-order valence-corrected chi connectivity index (χ1v) is 8.69. The van der Waals surface area contributed by atoms with Gasteiger partial charge in [0.25, 0.3) is 10.0 Å². The number of sulfonamides is 1. The molecule has 0 aliphatic carbocycles. The lowest BCUT2D eigenvalue weighted by atomic mass is 10.3. The summed E-state index contributed by atoms with van der Waals surface area (Å²) in [4.78, 5) is 10.5. The summed E-state index contributed by atoms with van der Waals surface area (Å²) >= 11 is 18.3. The van der Waals surface area contributed by atoms with Crippen molar-refractivity contribution in [3.05, 3.63) is 43.5 Å². The minimum Gasteiger partial charge on any atom is -0.477 e. The molecule has 0 saturated carbocycles. The third-order valence-corrected chi connectivity index (χ3v) is 5.55. The van der Waals surface area contributed by atoms with E-state index in [9.17, 15) is 13.2 Å². The smallest absolute Gasteiger partial charge is 0.345 e. The Morgan fingerprint density at radius 2 is 1.71 bits per heavy atom. The molecule has 21 heavy (non-hydrogen) atoms. The number of aromatic carboxylic acids is 1. The van der Waals surface area contributed by atoms with Gasteiger partial charge in [0.1, 0.15) is 4.88 Å². The lowest BCUT2D eigenvalue weighted by Gasteiger charge is -2.10. The van der Waals surface area contributed by atoms with Gasteiger partial charge in [-0.1, -0.05) is 34.8 Å². The van der Waals surface area contributed by atoms with Crippen molar-refractivity contribution in [2.45, 2.75) is 4.90 Å². The van der Waals surface area contributed by atoms with Crippen LogP contribution in [0, 0.1) is 0 Å². The largest absolute Gasteiger partial charge is 0.477 e. The van der Waals surface area contributed by atoms with E-state index in [1.54, 1.807) is 0 Å². The highest BCUT2D eigenvalue weighted by molar-refractivity contribution is 7.92. The van der Waals surface area contributed by atoms with Crippen LogP contribution in [0.5, 0.6) is 0 Å². The molecule has 2 aromatic rings. The van der Waals surface area contributed by atoms with Crippen molar-refractivity contribution in [2.75, 3.05) is 4.72 Å². The average molecular weight is 387 g/mol. The van der Waals surface area contributed by atoms with Crippen LogP contribution in [0.25, 0.3) is 0 Å². The minimum atomic E-state index is -4.00. The average Bonchev–Trinajstić information content (AvgIpc) is 2.84. The molecule has 0 radical (unpaired) electrons. The van der Waals surface area contributed by atoms with Gasteiger partial charge in [0.2, 0.25) is 0 Å². The van der Waals surface area contributed by atoms with Crippen LogP contribution in [0.15, 0.2) is 28.5 Å². The number of anilines is 1. The van der Waals surface area contributed by atoms with Gasteiger partial charge < -0.3 is 5.11 Å². The Labute approximate surface area is 139 Å². The van der Waals surface area contributed by atoms with Crippen LogP contribution in [0.4, 0.5) is 5.69 Å². The first-order valence-electron chi connectivity index (χ1n) is 5.20. The first kappa shape index (κ1) is 16.4. The van der Waals surface area contributed by atoms with Crippen LogP contribution < -0.4 is 4.72 Å². The van der Waals surface area contributed by atoms with Gasteiger partial charge in [-0.2, -0.15) is 0 Å². The van der Waals surface area contributed by atoms with Crippen molar-refractivity contribution < 1.29 is 18.3 Å². The maximum atomic E-state index is 12.2. The highest BCUT2D eigenvalue weighted by atomic mass is 35.5. The Kier molecular flexibility index (Phi) is 4.69. The molecule has 1 aromatic heterocycles. The fourth-order valence-corrected chi connectivity index (χ4v) is 4.64. The van der Waals surface area contributed by atoms with Gasteiger partial charge in [-0.15, -0.1) is 11.3 Å².